The fraction of sp³-hybridized carbons (Fsp3) is 0.304. The maximum atomic E-state index is 13.0. The molecule has 4 rings (SSSR count). The van der Waals surface area contributed by atoms with Crippen molar-refractivity contribution in [3.63, 3.8) is 0 Å². The zero-order valence-corrected chi connectivity index (χ0v) is 17.8. The van der Waals surface area contributed by atoms with Crippen molar-refractivity contribution in [2.24, 2.45) is 0 Å². The van der Waals surface area contributed by atoms with Crippen molar-refractivity contribution in [3.05, 3.63) is 65.6 Å². The monoisotopic (exact) mass is 457 g/mol. The van der Waals surface area contributed by atoms with E-state index in [9.17, 15) is 18.0 Å². The van der Waals surface area contributed by atoms with E-state index >= 15 is 0 Å². The Bertz CT molecular complexity index is 1130. The van der Waals surface area contributed by atoms with Crippen LogP contribution in [0.15, 0.2) is 48.7 Å². The maximum absolute atomic E-state index is 13.0. The van der Waals surface area contributed by atoms with Crippen LogP contribution in [0.1, 0.15) is 40.5 Å². The van der Waals surface area contributed by atoms with Crippen LogP contribution in [0.4, 0.5) is 19.0 Å². The number of nitrogen functional groups attached to an aromatic ring is 1. The van der Waals surface area contributed by atoms with Crippen molar-refractivity contribution in [3.8, 4) is 16.9 Å². The molecule has 0 saturated carbocycles. The number of halogens is 3. The molecule has 1 amide bonds. The second-order valence-corrected chi connectivity index (χ2v) is 7.79. The van der Waals surface area contributed by atoms with Crippen LogP contribution in [0.3, 0.4) is 0 Å². The number of benzene rings is 1. The highest BCUT2D eigenvalue weighted by Crippen LogP contribution is 2.34. The summed E-state index contributed by atoms with van der Waals surface area (Å²) in [6.45, 7) is 1.14. The molecule has 1 saturated heterocycles. The van der Waals surface area contributed by atoms with Crippen LogP contribution in [0, 0.1) is 0 Å². The fourth-order valence-corrected chi connectivity index (χ4v) is 3.92. The molecule has 3 heterocycles. The number of carbonyl (C=O) groups excluding carboxylic acids is 1. The highest BCUT2D eigenvalue weighted by Gasteiger charge is 2.32. The van der Waals surface area contributed by atoms with Gasteiger partial charge in [-0.2, -0.15) is 18.3 Å². The number of pyridine rings is 1. The number of carbonyl (C=O) groups is 1. The molecule has 1 aromatic carbocycles. The Morgan fingerprint density at radius 3 is 2.42 bits per heavy atom. The van der Waals surface area contributed by atoms with Gasteiger partial charge in [-0.3, -0.25) is 9.78 Å². The third kappa shape index (κ3) is 4.89. The predicted octanol–water partition coefficient (Wildman–Crippen LogP) is 4.17. The molecule has 172 valence electrons. The summed E-state index contributed by atoms with van der Waals surface area (Å²) in [6.07, 6.45) is -1.84. The van der Waals surface area contributed by atoms with E-state index in [2.05, 4.69) is 15.2 Å². The largest absolute Gasteiger partial charge is 0.496 e. The van der Waals surface area contributed by atoms with Crippen LogP contribution in [-0.2, 0) is 6.18 Å². The summed E-state index contributed by atoms with van der Waals surface area (Å²) in [5, 5.41) is 8.05. The molecular weight excluding hydrogens is 435 g/mol. The smallest absolute Gasteiger partial charge is 0.433 e. The quantitative estimate of drug-likeness (QED) is 0.632. The van der Waals surface area contributed by atoms with E-state index in [-0.39, 0.29) is 11.8 Å². The predicted molar refractivity (Wildman–Crippen MR) is 116 cm³/mol. The van der Waals surface area contributed by atoms with Gasteiger partial charge in [-0.25, -0.2) is 0 Å². The van der Waals surface area contributed by atoms with Crippen LogP contribution in [0.25, 0.3) is 11.1 Å². The van der Waals surface area contributed by atoms with Crippen molar-refractivity contribution in [1.29, 1.82) is 0 Å². The van der Waals surface area contributed by atoms with Gasteiger partial charge in [0.2, 0.25) is 0 Å². The van der Waals surface area contributed by atoms with Crippen molar-refractivity contribution >= 4 is 11.7 Å². The minimum Gasteiger partial charge on any atom is -0.496 e. The van der Waals surface area contributed by atoms with E-state index in [1.54, 1.807) is 29.2 Å². The van der Waals surface area contributed by atoms with Crippen molar-refractivity contribution in [2.75, 3.05) is 25.9 Å². The van der Waals surface area contributed by atoms with E-state index in [4.69, 9.17) is 10.5 Å². The first-order valence-electron chi connectivity index (χ1n) is 10.4. The molecule has 0 unspecified atom stereocenters. The number of nitrogens with zero attached hydrogens (tertiary/aromatic N) is 4. The molecule has 0 aliphatic carbocycles. The second kappa shape index (κ2) is 9.05. The highest BCUT2D eigenvalue weighted by molar-refractivity contribution is 5.95. The minimum absolute atomic E-state index is 0.132. The molecule has 33 heavy (non-hydrogen) atoms. The number of ether oxygens (including phenoxy) is 1. The number of aromatic nitrogens is 3. The Morgan fingerprint density at radius 1 is 1.09 bits per heavy atom. The molecule has 1 fully saturated rings. The number of alkyl halides is 3. The molecule has 10 heteroatoms. The minimum atomic E-state index is -4.51. The third-order valence-corrected chi connectivity index (χ3v) is 5.72. The zero-order valence-electron chi connectivity index (χ0n) is 17.8. The normalized spacial score (nSPS) is 14.8. The summed E-state index contributed by atoms with van der Waals surface area (Å²) >= 11 is 0. The average Bonchev–Trinajstić information content (AvgIpc) is 2.83. The summed E-state index contributed by atoms with van der Waals surface area (Å²) in [6, 6.07) is 10.8. The molecule has 2 N–H and O–H groups in total. The van der Waals surface area contributed by atoms with Gasteiger partial charge < -0.3 is 15.4 Å². The van der Waals surface area contributed by atoms with Crippen LogP contribution in [0.5, 0.6) is 5.75 Å². The molecule has 0 atom stereocenters. The number of likely N-dealkylation sites (tertiary alicyclic amines) is 1. The molecular formula is C23H22F3N5O2. The van der Waals surface area contributed by atoms with Gasteiger partial charge in [0.25, 0.3) is 5.91 Å². The summed E-state index contributed by atoms with van der Waals surface area (Å²) in [5.74, 6) is 0.837. The summed E-state index contributed by atoms with van der Waals surface area (Å²) < 4.78 is 43.8. The lowest BCUT2D eigenvalue weighted by Crippen LogP contribution is -2.38. The van der Waals surface area contributed by atoms with Crippen molar-refractivity contribution < 1.29 is 22.7 Å². The molecule has 3 aromatic rings. The second-order valence-electron chi connectivity index (χ2n) is 7.79. The van der Waals surface area contributed by atoms with Gasteiger partial charge >= 0.3 is 6.18 Å². The number of anilines is 1. The van der Waals surface area contributed by atoms with E-state index in [1.165, 1.54) is 13.2 Å². The Kier molecular flexibility index (Phi) is 6.17. The number of hydrogen-bond donors (Lipinski definition) is 1. The maximum Gasteiger partial charge on any atom is 0.433 e. The number of amides is 1. The van der Waals surface area contributed by atoms with Gasteiger partial charge in [0.15, 0.2) is 0 Å². The first-order valence-corrected chi connectivity index (χ1v) is 10.4. The van der Waals surface area contributed by atoms with Crippen molar-refractivity contribution in [2.45, 2.75) is 24.9 Å². The highest BCUT2D eigenvalue weighted by atomic mass is 19.4. The van der Waals surface area contributed by atoms with Crippen LogP contribution in [-0.4, -0.2) is 46.2 Å². The zero-order chi connectivity index (χ0) is 23.6. The van der Waals surface area contributed by atoms with Crippen molar-refractivity contribution in [1.82, 2.24) is 20.1 Å². The van der Waals surface area contributed by atoms with Crippen LogP contribution >= 0.6 is 0 Å². The van der Waals surface area contributed by atoms with Gasteiger partial charge in [-0.05, 0) is 49.2 Å². The molecule has 1 aliphatic heterocycles. The lowest BCUT2D eigenvalue weighted by molar-refractivity contribution is -0.141. The SMILES string of the molecule is COc1cc(C(=O)N2CCC(c3ccc(N)nn3)CC2)ccc1-c1ccc(C(F)(F)F)nc1. The molecule has 0 bridgehead atoms. The molecule has 0 spiro atoms. The summed E-state index contributed by atoms with van der Waals surface area (Å²) in [4.78, 5) is 18.3. The first-order chi connectivity index (χ1) is 15.8. The Morgan fingerprint density at radius 2 is 1.85 bits per heavy atom. The number of nitrogens with two attached hydrogens (primary N) is 1. The lowest BCUT2D eigenvalue weighted by Gasteiger charge is -2.31. The number of rotatable bonds is 4. The van der Waals surface area contributed by atoms with Gasteiger partial charge in [0.1, 0.15) is 17.3 Å². The number of piperidine rings is 1. The van der Waals surface area contributed by atoms with Gasteiger partial charge in [0, 0.05) is 41.9 Å². The van der Waals surface area contributed by atoms with E-state index in [0.29, 0.717) is 41.3 Å². The van der Waals surface area contributed by atoms with E-state index in [1.807, 2.05) is 6.07 Å². The molecule has 1 aliphatic rings. The van der Waals surface area contributed by atoms with Crippen LogP contribution < -0.4 is 10.5 Å². The van der Waals surface area contributed by atoms with Gasteiger partial charge in [-0.1, -0.05) is 6.07 Å². The summed E-state index contributed by atoms with van der Waals surface area (Å²) in [7, 11) is 1.45. The topological polar surface area (TPSA) is 94.2 Å². The van der Waals surface area contributed by atoms with Crippen LogP contribution in [0.2, 0.25) is 0 Å². The Hall–Kier alpha value is -3.69. The summed E-state index contributed by atoms with van der Waals surface area (Å²) in [5.41, 5.74) is 6.95. The van der Waals surface area contributed by atoms with E-state index in [0.717, 1.165) is 30.8 Å². The molecule has 0 radical (unpaired) electrons. The molecule has 7 nitrogen and oxygen atoms in total. The Balaban J connectivity index is 1.47. The number of hydrogen-bond acceptors (Lipinski definition) is 6. The number of methoxy groups -OCH3 is 1. The molecule has 2 aromatic heterocycles. The van der Waals surface area contributed by atoms with Gasteiger partial charge in [0.05, 0.1) is 12.8 Å². The van der Waals surface area contributed by atoms with E-state index < -0.39 is 11.9 Å². The fourth-order valence-electron chi connectivity index (χ4n) is 3.92. The lowest BCUT2D eigenvalue weighted by atomic mass is 9.93. The third-order valence-electron chi connectivity index (χ3n) is 5.72. The van der Waals surface area contributed by atoms with Gasteiger partial charge in [-0.15, -0.1) is 5.10 Å². The average molecular weight is 457 g/mol. The standard InChI is InChI=1S/C23H22F3N5O2/c1-33-19-12-15(2-4-17(19)16-3-6-20(28-13-16)23(24,25)26)22(32)31-10-8-14(9-11-31)18-5-7-21(27)30-29-18/h2-7,12-14H,8-11H2,1H3,(H2,27,30). The Labute approximate surface area is 188 Å². The first kappa shape index (κ1) is 22.5.